The first-order chi connectivity index (χ1) is 9.27. The highest BCUT2D eigenvalue weighted by molar-refractivity contribution is 7.98. The van der Waals surface area contributed by atoms with E-state index in [2.05, 4.69) is 23.7 Å². The Balaban J connectivity index is 2.46. The molecule has 0 aromatic heterocycles. The summed E-state index contributed by atoms with van der Waals surface area (Å²) >= 11 is 8.14. The highest BCUT2D eigenvalue weighted by atomic mass is 35.5. The molecular formula is C15H24ClNOS. The average molecular weight is 302 g/mol. The predicted molar refractivity (Wildman–Crippen MR) is 86.4 cm³/mol. The van der Waals surface area contributed by atoms with Crippen LogP contribution in [0.4, 0.5) is 0 Å². The molecule has 0 aliphatic rings. The Morgan fingerprint density at radius 3 is 2.84 bits per heavy atom. The number of methoxy groups -OCH3 is 1. The normalized spacial score (nSPS) is 12.6. The Hall–Kier alpha value is -0.220. The minimum Gasteiger partial charge on any atom is -0.383 e. The molecule has 1 rings (SSSR count). The van der Waals surface area contributed by atoms with Crippen LogP contribution in [0.3, 0.4) is 0 Å². The molecule has 0 amide bonds. The Labute approximate surface area is 126 Å². The molecule has 0 aliphatic carbocycles. The third-order valence-corrected chi connectivity index (χ3v) is 4.13. The molecule has 0 aliphatic heterocycles. The lowest BCUT2D eigenvalue weighted by Gasteiger charge is -2.18. The molecule has 19 heavy (non-hydrogen) atoms. The van der Waals surface area contributed by atoms with Gasteiger partial charge in [-0.1, -0.05) is 29.8 Å². The number of hydrogen-bond acceptors (Lipinski definition) is 3. The second-order valence-corrected chi connectivity index (χ2v) is 6.03. The third-order valence-electron chi connectivity index (χ3n) is 3.11. The Bertz CT molecular complexity index is 349. The van der Waals surface area contributed by atoms with Crippen LogP contribution in [-0.4, -0.2) is 38.8 Å². The van der Waals surface area contributed by atoms with Crippen molar-refractivity contribution in [3.05, 3.63) is 34.9 Å². The fraction of sp³-hybridized carbons (Fsp3) is 0.600. The van der Waals surface area contributed by atoms with E-state index in [1.807, 2.05) is 23.9 Å². The lowest BCUT2D eigenvalue weighted by molar-refractivity contribution is 0.197. The molecular weight excluding hydrogens is 278 g/mol. The zero-order valence-corrected chi connectivity index (χ0v) is 13.4. The van der Waals surface area contributed by atoms with E-state index in [1.165, 1.54) is 17.7 Å². The first-order valence-corrected chi connectivity index (χ1v) is 8.47. The van der Waals surface area contributed by atoms with Gasteiger partial charge in [0.2, 0.25) is 0 Å². The van der Waals surface area contributed by atoms with Crippen LogP contribution in [0.25, 0.3) is 0 Å². The number of benzene rings is 1. The number of rotatable bonds is 10. The summed E-state index contributed by atoms with van der Waals surface area (Å²) < 4.78 is 5.05. The van der Waals surface area contributed by atoms with Crippen LogP contribution in [0.5, 0.6) is 0 Å². The van der Waals surface area contributed by atoms with Crippen molar-refractivity contribution in [1.29, 1.82) is 0 Å². The molecule has 1 unspecified atom stereocenters. The average Bonchev–Trinajstić information content (AvgIpc) is 2.43. The Morgan fingerprint density at radius 1 is 1.37 bits per heavy atom. The highest BCUT2D eigenvalue weighted by Gasteiger charge is 2.11. The van der Waals surface area contributed by atoms with Gasteiger partial charge in [0.1, 0.15) is 0 Å². The van der Waals surface area contributed by atoms with Gasteiger partial charge in [-0.25, -0.2) is 0 Å². The van der Waals surface area contributed by atoms with Crippen molar-refractivity contribution < 1.29 is 4.74 Å². The zero-order valence-electron chi connectivity index (χ0n) is 11.8. The maximum Gasteiger partial charge on any atom is 0.0587 e. The number of thioether (sulfide) groups is 1. The van der Waals surface area contributed by atoms with Crippen LogP contribution < -0.4 is 5.32 Å². The second kappa shape index (κ2) is 10.6. The lowest BCUT2D eigenvalue weighted by Crippen LogP contribution is -2.27. The van der Waals surface area contributed by atoms with E-state index in [4.69, 9.17) is 16.3 Å². The first kappa shape index (κ1) is 16.8. The van der Waals surface area contributed by atoms with Gasteiger partial charge in [0.15, 0.2) is 0 Å². The maximum absolute atomic E-state index is 6.24. The van der Waals surface area contributed by atoms with Crippen molar-refractivity contribution in [2.75, 3.05) is 38.8 Å². The summed E-state index contributed by atoms with van der Waals surface area (Å²) in [6.45, 7) is 2.70. The van der Waals surface area contributed by atoms with Crippen LogP contribution in [0.2, 0.25) is 5.02 Å². The standard InChI is InChI=1S/C15H24ClNOS/c1-18-9-8-17-12-13(7-10-19-2)11-14-5-3-4-6-15(14)16/h3-6,13,17H,7-12H2,1-2H3. The molecule has 0 saturated heterocycles. The van der Waals surface area contributed by atoms with Gasteiger partial charge >= 0.3 is 0 Å². The van der Waals surface area contributed by atoms with E-state index < -0.39 is 0 Å². The van der Waals surface area contributed by atoms with Gasteiger partial charge in [0, 0.05) is 18.7 Å². The van der Waals surface area contributed by atoms with E-state index in [-0.39, 0.29) is 0 Å². The van der Waals surface area contributed by atoms with Crippen LogP contribution >= 0.6 is 23.4 Å². The van der Waals surface area contributed by atoms with Gasteiger partial charge in [-0.05, 0) is 48.9 Å². The van der Waals surface area contributed by atoms with Gasteiger partial charge in [0.05, 0.1) is 6.61 Å². The summed E-state index contributed by atoms with van der Waals surface area (Å²) in [5.74, 6) is 1.82. The fourth-order valence-electron chi connectivity index (χ4n) is 2.02. The number of halogens is 1. The topological polar surface area (TPSA) is 21.3 Å². The van der Waals surface area contributed by atoms with Crippen LogP contribution in [0.15, 0.2) is 24.3 Å². The highest BCUT2D eigenvalue weighted by Crippen LogP contribution is 2.21. The van der Waals surface area contributed by atoms with E-state index in [9.17, 15) is 0 Å². The number of hydrogen-bond donors (Lipinski definition) is 1. The predicted octanol–water partition coefficient (Wildman–Crippen LogP) is 3.49. The van der Waals surface area contributed by atoms with Crippen molar-refractivity contribution in [3.8, 4) is 0 Å². The largest absolute Gasteiger partial charge is 0.383 e. The molecule has 1 N–H and O–H groups in total. The third kappa shape index (κ3) is 7.21. The molecule has 1 aromatic rings. The van der Waals surface area contributed by atoms with Gasteiger partial charge in [-0.2, -0.15) is 11.8 Å². The SMILES string of the molecule is COCCNCC(CCSC)Cc1ccccc1Cl. The van der Waals surface area contributed by atoms with Gasteiger partial charge in [0.25, 0.3) is 0 Å². The summed E-state index contributed by atoms with van der Waals surface area (Å²) in [6.07, 6.45) is 4.41. The molecule has 4 heteroatoms. The van der Waals surface area contributed by atoms with Crippen LogP contribution in [0.1, 0.15) is 12.0 Å². The van der Waals surface area contributed by atoms with Crippen molar-refractivity contribution >= 4 is 23.4 Å². The summed E-state index contributed by atoms with van der Waals surface area (Å²) in [7, 11) is 1.73. The molecule has 0 saturated carbocycles. The molecule has 1 aromatic carbocycles. The van der Waals surface area contributed by atoms with E-state index >= 15 is 0 Å². The van der Waals surface area contributed by atoms with E-state index in [1.54, 1.807) is 7.11 Å². The lowest BCUT2D eigenvalue weighted by atomic mass is 9.96. The number of nitrogens with one attached hydrogen (secondary N) is 1. The monoisotopic (exact) mass is 301 g/mol. The molecule has 0 fully saturated rings. The fourth-order valence-corrected chi connectivity index (χ4v) is 2.80. The molecule has 1 atom stereocenters. The van der Waals surface area contributed by atoms with Gasteiger partial charge < -0.3 is 10.1 Å². The molecule has 0 spiro atoms. The van der Waals surface area contributed by atoms with Gasteiger partial charge in [-0.3, -0.25) is 0 Å². The molecule has 2 nitrogen and oxygen atoms in total. The first-order valence-electron chi connectivity index (χ1n) is 6.70. The minimum absolute atomic E-state index is 0.629. The number of ether oxygens (including phenoxy) is 1. The van der Waals surface area contributed by atoms with Crippen LogP contribution in [-0.2, 0) is 11.2 Å². The van der Waals surface area contributed by atoms with Crippen molar-refractivity contribution in [2.24, 2.45) is 5.92 Å². The second-order valence-electron chi connectivity index (χ2n) is 4.64. The molecule has 108 valence electrons. The summed E-state index contributed by atoms with van der Waals surface area (Å²) in [5, 5.41) is 4.34. The summed E-state index contributed by atoms with van der Waals surface area (Å²) in [5.41, 5.74) is 1.25. The van der Waals surface area contributed by atoms with Crippen LogP contribution in [0, 0.1) is 5.92 Å². The minimum atomic E-state index is 0.629. The smallest absolute Gasteiger partial charge is 0.0587 e. The maximum atomic E-state index is 6.24. The Kier molecular flexibility index (Phi) is 9.35. The van der Waals surface area contributed by atoms with E-state index in [0.717, 1.165) is 31.1 Å². The quantitative estimate of drug-likeness (QED) is 0.669. The van der Waals surface area contributed by atoms with E-state index in [0.29, 0.717) is 5.92 Å². The van der Waals surface area contributed by atoms with Crippen molar-refractivity contribution in [1.82, 2.24) is 5.32 Å². The van der Waals surface area contributed by atoms with Gasteiger partial charge in [-0.15, -0.1) is 0 Å². The zero-order chi connectivity index (χ0) is 13.9. The molecule has 0 bridgehead atoms. The van der Waals surface area contributed by atoms with Crippen molar-refractivity contribution in [2.45, 2.75) is 12.8 Å². The summed E-state index contributed by atoms with van der Waals surface area (Å²) in [6, 6.07) is 8.15. The molecule has 0 heterocycles. The summed E-state index contributed by atoms with van der Waals surface area (Å²) in [4.78, 5) is 0. The van der Waals surface area contributed by atoms with Crippen molar-refractivity contribution in [3.63, 3.8) is 0 Å². The Morgan fingerprint density at radius 2 is 2.16 bits per heavy atom. The molecule has 0 radical (unpaired) electrons.